The molecule has 2 unspecified atom stereocenters. The normalized spacial score (nSPS) is 27.5. The molecule has 1 saturated heterocycles. The monoisotopic (exact) mass is 332 g/mol. The van der Waals surface area contributed by atoms with E-state index in [4.69, 9.17) is 11.6 Å². The molecule has 1 fully saturated rings. The largest absolute Gasteiger partial charge is 0.388 e. The van der Waals surface area contributed by atoms with Crippen molar-refractivity contribution < 1.29 is 5.11 Å². The molecular formula is C17H21ClN4O. The lowest BCUT2D eigenvalue weighted by molar-refractivity contribution is 0.0480. The average molecular weight is 333 g/mol. The zero-order valence-corrected chi connectivity index (χ0v) is 13.8. The third-order valence-electron chi connectivity index (χ3n) is 5.00. The fourth-order valence-corrected chi connectivity index (χ4v) is 4.12. The second-order valence-corrected chi connectivity index (χ2v) is 7.27. The second kappa shape index (κ2) is 5.89. The molecule has 0 bridgehead atoms. The number of fused-ring (bicyclic) bond motifs is 1. The van der Waals surface area contributed by atoms with Crippen molar-refractivity contribution in [2.75, 3.05) is 19.6 Å². The van der Waals surface area contributed by atoms with Gasteiger partial charge in [-0.05, 0) is 30.5 Å². The van der Waals surface area contributed by atoms with Crippen LogP contribution in [0.5, 0.6) is 0 Å². The van der Waals surface area contributed by atoms with Gasteiger partial charge in [0.2, 0.25) is 0 Å². The fourth-order valence-electron chi connectivity index (χ4n) is 3.91. The molecule has 2 aromatic rings. The maximum absolute atomic E-state index is 10.9. The Morgan fingerprint density at radius 1 is 1.39 bits per heavy atom. The quantitative estimate of drug-likeness (QED) is 0.931. The minimum absolute atomic E-state index is 0.390. The lowest BCUT2D eigenvalue weighted by Gasteiger charge is -2.25. The SMILES string of the molecule is OC1(Cc2cccc(Cl)c2)CCN(CC2CCc3ncnn32)C1. The average Bonchev–Trinajstić information content (AvgIpc) is 3.17. The zero-order chi connectivity index (χ0) is 15.9. The Balaban J connectivity index is 1.39. The van der Waals surface area contributed by atoms with Crippen molar-refractivity contribution in [3.63, 3.8) is 0 Å². The predicted octanol–water partition coefficient (Wildman–Crippen LogP) is 2.10. The van der Waals surface area contributed by atoms with Crippen molar-refractivity contribution >= 4 is 11.6 Å². The number of hydrogen-bond donors (Lipinski definition) is 1. The summed E-state index contributed by atoms with van der Waals surface area (Å²) in [6.45, 7) is 2.58. The highest BCUT2D eigenvalue weighted by Crippen LogP contribution is 2.30. The van der Waals surface area contributed by atoms with Gasteiger partial charge in [0.05, 0.1) is 11.6 Å². The Hall–Kier alpha value is -1.43. The van der Waals surface area contributed by atoms with E-state index in [2.05, 4.69) is 15.0 Å². The van der Waals surface area contributed by atoms with Crippen LogP contribution in [0.25, 0.3) is 0 Å². The third-order valence-corrected chi connectivity index (χ3v) is 5.23. The van der Waals surface area contributed by atoms with Crippen LogP contribution in [-0.2, 0) is 12.8 Å². The van der Waals surface area contributed by atoms with Gasteiger partial charge in [-0.3, -0.25) is 4.90 Å². The van der Waals surface area contributed by atoms with Gasteiger partial charge in [0.25, 0.3) is 0 Å². The molecule has 23 heavy (non-hydrogen) atoms. The van der Waals surface area contributed by atoms with Crippen LogP contribution in [0.1, 0.15) is 30.3 Å². The van der Waals surface area contributed by atoms with Crippen molar-refractivity contribution in [2.45, 2.75) is 37.3 Å². The van der Waals surface area contributed by atoms with Crippen molar-refractivity contribution in [2.24, 2.45) is 0 Å². The van der Waals surface area contributed by atoms with Crippen LogP contribution in [0.2, 0.25) is 5.02 Å². The van der Waals surface area contributed by atoms with Gasteiger partial charge in [-0.1, -0.05) is 23.7 Å². The van der Waals surface area contributed by atoms with Crippen LogP contribution < -0.4 is 0 Å². The lowest BCUT2D eigenvalue weighted by atomic mass is 9.94. The lowest BCUT2D eigenvalue weighted by Crippen LogP contribution is -2.37. The van der Waals surface area contributed by atoms with Crippen LogP contribution in [-0.4, -0.2) is 50.0 Å². The van der Waals surface area contributed by atoms with Gasteiger partial charge < -0.3 is 5.11 Å². The van der Waals surface area contributed by atoms with Gasteiger partial charge in [0, 0.05) is 37.5 Å². The van der Waals surface area contributed by atoms with Gasteiger partial charge in [0.1, 0.15) is 12.2 Å². The van der Waals surface area contributed by atoms with Crippen LogP contribution in [0.15, 0.2) is 30.6 Å². The van der Waals surface area contributed by atoms with E-state index < -0.39 is 5.60 Å². The molecule has 122 valence electrons. The van der Waals surface area contributed by atoms with Gasteiger partial charge >= 0.3 is 0 Å². The van der Waals surface area contributed by atoms with Crippen molar-refractivity contribution in [1.29, 1.82) is 0 Å². The summed E-state index contributed by atoms with van der Waals surface area (Å²) in [4.78, 5) is 6.64. The van der Waals surface area contributed by atoms with Crippen LogP contribution in [0.3, 0.4) is 0 Å². The Morgan fingerprint density at radius 3 is 3.17 bits per heavy atom. The van der Waals surface area contributed by atoms with Gasteiger partial charge in [-0.15, -0.1) is 0 Å². The van der Waals surface area contributed by atoms with E-state index in [0.29, 0.717) is 19.0 Å². The van der Waals surface area contributed by atoms with E-state index >= 15 is 0 Å². The van der Waals surface area contributed by atoms with Crippen molar-refractivity contribution in [3.05, 3.63) is 47.0 Å². The molecule has 0 amide bonds. The summed E-state index contributed by atoms with van der Waals surface area (Å²) >= 11 is 6.05. The first-order valence-corrected chi connectivity index (χ1v) is 8.57. The Bertz CT molecular complexity index is 703. The molecule has 3 heterocycles. The maximum Gasteiger partial charge on any atom is 0.138 e. The molecule has 2 atom stereocenters. The molecule has 1 aromatic heterocycles. The van der Waals surface area contributed by atoms with E-state index in [9.17, 15) is 5.11 Å². The minimum atomic E-state index is -0.658. The summed E-state index contributed by atoms with van der Waals surface area (Å²) < 4.78 is 2.05. The molecule has 1 N–H and O–H groups in total. The molecule has 2 aliphatic rings. The van der Waals surface area contributed by atoms with E-state index in [1.807, 2.05) is 28.9 Å². The number of aryl methyl sites for hydroxylation is 1. The summed E-state index contributed by atoms with van der Waals surface area (Å²) in [5.41, 5.74) is 0.440. The number of nitrogens with zero attached hydrogens (tertiary/aromatic N) is 4. The highest BCUT2D eigenvalue weighted by atomic mass is 35.5. The first-order valence-electron chi connectivity index (χ1n) is 8.19. The van der Waals surface area contributed by atoms with E-state index in [1.54, 1.807) is 6.33 Å². The smallest absolute Gasteiger partial charge is 0.138 e. The molecule has 0 spiro atoms. The van der Waals surface area contributed by atoms with Gasteiger partial charge in [-0.2, -0.15) is 5.10 Å². The summed E-state index contributed by atoms with van der Waals surface area (Å²) in [5.74, 6) is 1.09. The first kappa shape index (κ1) is 15.1. The number of β-amino-alcohol motifs (C(OH)–C–C–N with tert-alkyl or cyclic N) is 1. The Kier molecular flexibility index (Phi) is 3.87. The van der Waals surface area contributed by atoms with Crippen molar-refractivity contribution in [1.82, 2.24) is 19.7 Å². The van der Waals surface area contributed by atoms with Gasteiger partial charge in [-0.25, -0.2) is 9.67 Å². The summed E-state index contributed by atoms with van der Waals surface area (Å²) in [6.07, 6.45) is 5.20. The Morgan fingerprint density at radius 2 is 2.30 bits per heavy atom. The number of benzene rings is 1. The number of aromatic nitrogens is 3. The summed E-state index contributed by atoms with van der Waals surface area (Å²) in [6, 6.07) is 8.18. The van der Waals surface area contributed by atoms with Crippen LogP contribution >= 0.6 is 11.6 Å². The first-order chi connectivity index (χ1) is 11.1. The second-order valence-electron chi connectivity index (χ2n) is 6.83. The van der Waals surface area contributed by atoms with E-state index in [0.717, 1.165) is 48.8 Å². The number of rotatable bonds is 4. The van der Waals surface area contributed by atoms with Gasteiger partial charge in [0.15, 0.2) is 0 Å². The third kappa shape index (κ3) is 3.13. The number of halogens is 1. The highest BCUT2D eigenvalue weighted by Gasteiger charge is 2.38. The molecule has 2 aliphatic heterocycles. The van der Waals surface area contributed by atoms with Crippen LogP contribution in [0, 0.1) is 0 Å². The number of aliphatic hydroxyl groups is 1. The Labute approximate surface area is 140 Å². The molecule has 5 nitrogen and oxygen atoms in total. The van der Waals surface area contributed by atoms with E-state index in [1.165, 1.54) is 0 Å². The highest BCUT2D eigenvalue weighted by molar-refractivity contribution is 6.30. The topological polar surface area (TPSA) is 54.2 Å². The molecule has 0 radical (unpaired) electrons. The standard InChI is InChI=1S/C17H21ClN4O/c18-14-3-1-2-13(8-14)9-17(23)6-7-21(11-17)10-15-4-5-16-19-12-20-22(15)16/h1-3,8,12,15,23H,4-7,9-11H2. The molecule has 0 saturated carbocycles. The minimum Gasteiger partial charge on any atom is -0.388 e. The molecule has 0 aliphatic carbocycles. The number of likely N-dealkylation sites (tertiary alicyclic amines) is 1. The molecular weight excluding hydrogens is 312 g/mol. The number of hydrogen-bond acceptors (Lipinski definition) is 4. The predicted molar refractivity (Wildman–Crippen MR) is 88.5 cm³/mol. The molecule has 6 heteroatoms. The van der Waals surface area contributed by atoms with Crippen molar-refractivity contribution in [3.8, 4) is 0 Å². The molecule has 1 aromatic carbocycles. The fraction of sp³-hybridized carbons (Fsp3) is 0.529. The summed E-state index contributed by atoms with van der Waals surface area (Å²) in [5, 5.41) is 16.0. The van der Waals surface area contributed by atoms with Crippen LogP contribution in [0.4, 0.5) is 0 Å². The zero-order valence-electron chi connectivity index (χ0n) is 13.0. The maximum atomic E-state index is 10.9. The van der Waals surface area contributed by atoms with E-state index in [-0.39, 0.29) is 0 Å². The summed E-state index contributed by atoms with van der Waals surface area (Å²) in [7, 11) is 0. The molecule has 4 rings (SSSR count).